The maximum atomic E-state index is 9.65. The van der Waals surface area contributed by atoms with Crippen molar-refractivity contribution >= 4 is 0 Å². The van der Waals surface area contributed by atoms with E-state index in [2.05, 4.69) is 0 Å². The van der Waals surface area contributed by atoms with Crippen molar-refractivity contribution in [2.24, 2.45) is 0 Å². The number of rotatable bonds is 4. The van der Waals surface area contributed by atoms with Crippen LogP contribution in [-0.2, 0) is 6.42 Å². The van der Waals surface area contributed by atoms with Crippen LogP contribution in [0.4, 0.5) is 0 Å². The van der Waals surface area contributed by atoms with Gasteiger partial charge in [-0.25, -0.2) is 0 Å². The van der Waals surface area contributed by atoms with Gasteiger partial charge < -0.3 is 14.9 Å². The standard InChI is InChI=1S/C13H18O3/c1-9(14)6-7-16-11-3-4-12-10(8-11)2-5-13(12)15/h3-4,8-9,13-15H,2,5-7H2,1H3/t9?,13-/m0/s1. The molecule has 16 heavy (non-hydrogen) atoms. The summed E-state index contributed by atoms with van der Waals surface area (Å²) in [6, 6.07) is 5.81. The van der Waals surface area contributed by atoms with Crippen molar-refractivity contribution < 1.29 is 14.9 Å². The molecule has 2 atom stereocenters. The van der Waals surface area contributed by atoms with Crippen LogP contribution in [0.5, 0.6) is 5.75 Å². The summed E-state index contributed by atoms with van der Waals surface area (Å²) in [4.78, 5) is 0. The number of hydrogen-bond donors (Lipinski definition) is 2. The second kappa shape index (κ2) is 4.85. The number of hydrogen-bond acceptors (Lipinski definition) is 3. The number of aryl methyl sites for hydroxylation is 1. The Morgan fingerprint density at radius 3 is 3.06 bits per heavy atom. The Morgan fingerprint density at radius 1 is 1.50 bits per heavy atom. The molecule has 88 valence electrons. The molecule has 0 bridgehead atoms. The van der Waals surface area contributed by atoms with Gasteiger partial charge in [0.1, 0.15) is 5.75 Å². The average Bonchev–Trinajstić information content (AvgIpc) is 2.60. The predicted octanol–water partition coefficient (Wildman–Crippen LogP) is 1.82. The minimum absolute atomic E-state index is 0.304. The predicted molar refractivity (Wildman–Crippen MR) is 61.5 cm³/mol. The summed E-state index contributed by atoms with van der Waals surface area (Å²) < 4.78 is 5.54. The van der Waals surface area contributed by atoms with Gasteiger partial charge in [-0.1, -0.05) is 6.07 Å². The lowest BCUT2D eigenvalue weighted by Gasteiger charge is -2.09. The van der Waals surface area contributed by atoms with Crippen LogP contribution in [0, 0.1) is 0 Å². The molecule has 0 heterocycles. The molecule has 1 aliphatic rings. The number of ether oxygens (including phenoxy) is 1. The van der Waals surface area contributed by atoms with Crippen LogP contribution in [0.25, 0.3) is 0 Å². The van der Waals surface area contributed by atoms with Crippen molar-refractivity contribution in [2.75, 3.05) is 6.61 Å². The van der Waals surface area contributed by atoms with Crippen LogP contribution in [0.1, 0.15) is 37.0 Å². The highest BCUT2D eigenvalue weighted by Gasteiger charge is 2.20. The van der Waals surface area contributed by atoms with Gasteiger partial charge in [0.05, 0.1) is 18.8 Å². The van der Waals surface area contributed by atoms with Crippen molar-refractivity contribution in [3.05, 3.63) is 29.3 Å². The second-order valence-electron chi connectivity index (χ2n) is 4.40. The topological polar surface area (TPSA) is 49.7 Å². The molecule has 1 aromatic rings. The van der Waals surface area contributed by atoms with Gasteiger partial charge >= 0.3 is 0 Å². The number of aliphatic hydroxyl groups excluding tert-OH is 2. The first-order chi connectivity index (χ1) is 7.66. The first kappa shape index (κ1) is 11.4. The normalized spacial score (nSPS) is 20.6. The van der Waals surface area contributed by atoms with E-state index in [1.165, 1.54) is 5.56 Å². The zero-order valence-corrected chi connectivity index (χ0v) is 9.52. The smallest absolute Gasteiger partial charge is 0.119 e. The van der Waals surface area contributed by atoms with Crippen LogP contribution in [0.15, 0.2) is 18.2 Å². The van der Waals surface area contributed by atoms with Crippen LogP contribution in [0.2, 0.25) is 0 Å². The molecular formula is C13H18O3. The molecule has 0 spiro atoms. The van der Waals surface area contributed by atoms with E-state index in [0.29, 0.717) is 13.0 Å². The first-order valence-corrected chi connectivity index (χ1v) is 5.78. The van der Waals surface area contributed by atoms with Crippen molar-refractivity contribution in [2.45, 2.75) is 38.4 Å². The molecule has 0 saturated heterocycles. The monoisotopic (exact) mass is 222 g/mol. The highest BCUT2D eigenvalue weighted by molar-refractivity contribution is 5.39. The molecule has 1 aliphatic carbocycles. The molecule has 1 unspecified atom stereocenters. The van der Waals surface area contributed by atoms with Crippen molar-refractivity contribution in [3.8, 4) is 5.75 Å². The Labute approximate surface area is 95.7 Å². The number of fused-ring (bicyclic) bond motifs is 1. The molecular weight excluding hydrogens is 204 g/mol. The maximum absolute atomic E-state index is 9.65. The van der Waals surface area contributed by atoms with Gasteiger partial charge in [0, 0.05) is 6.42 Å². The van der Waals surface area contributed by atoms with E-state index in [4.69, 9.17) is 9.84 Å². The van der Waals surface area contributed by atoms with E-state index in [1.807, 2.05) is 18.2 Å². The number of aliphatic hydroxyl groups is 2. The fourth-order valence-electron chi connectivity index (χ4n) is 2.01. The van der Waals surface area contributed by atoms with Gasteiger partial charge in [-0.15, -0.1) is 0 Å². The van der Waals surface area contributed by atoms with Gasteiger partial charge in [-0.3, -0.25) is 0 Å². The number of benzene rings is 1. The summed E-state index contributed by atoms with van der Waals surface area (Å²) in [6.45, 7) is 2.28. The van der Waals surface area contributed by atoms with Gasteiger partial charge in [0.15, 0.2) is 0 Å². The minimum Gasteiger partial charge on any atom is -0.493 e. The van der Waals surface area contributed by atoms with Gasteiger partial charge in [-0.05, 0) is 43.0 Å². The van der Waals surface area contributed by atoms with Crippen LogP contribution < -0.4 is 4.74 Å². The summed E-state index contributed by atoms with van der Waals surface area (Å²) in [5.74, 6) is 0.827. The zero-order valence-electron chi connectivity index (χ0n) is 9.52. The molecule has 1 aromatic carbocycles. The lowest BCUT2D eigenvalue weighted by atomic mass is 10.1. The Balaban J connectivity index is 1.97. The fraction of sp³-hybridized carbons (Fsp3) is 0.538. The molecule has 0 radical (unpaired) electrons. The van der Waals surface area contributed by atoms with Crippen molar-refractivity contribution in [3.63, 3.8) is 0 Å². The molecule has 0 aromatic heterocycles. The Hall–Kier alpha value is -1.06. The lowest BCUT2D eigenvalue weighted by molar-refractivity contribution is 0.155. The third-order valence-corrected chi connectivity index (χ3v) is 2.96. The molecule has 0 aliphatic heterocycles. The average molecular weight is 222 g/mol. The summed E-state index contributed by atoms with van der Waals surface area (Å²) in [5.41, 5.74) is 2.21. The quantitative estimate of drug-likeness (QED) is 0.817. The summed E-state index contributed by atoms with van der Waals surface area (Å²) in [6.07, 6.45) is 1.74. The zero-order chi connectivity index (χ0) is 11.5. The van der Waals surface area contributed by atoms with Crippen LogP contribution >= 0.6 is 0 Å². The highest BCUT2D eigenvalue weighted by Crippen LogP contribution is 2.33. The van der Waals surface area contributed by atoms with E-state index in [9.17, 15) is 5.11 Å². The Morgan fingerprint density at radius 2 is 2.31 bits per heavy atom. The van der Waals surface area contributed by atoms with Crippen LogP contribution in [0.3, 0.4) is 0 Å². The molecule has 0 saturated carbocycles. The third-order valence-electron chi connectivity index (χ3n) is 2.96. The molecule has 3 heteroatoms. The van der Waals surface area contributed by atoms with Gasteiger partial charge in [0.25, 0.3) is 0 Å². The van der Waals surface area contributed by atoms with E-state index in [-0.39, 0.29) is 12.2 Å². The van der Waals surface area contributed by atoms with E-state index >= 15 is 0 Å². The third kappa shape index (κ3) is 2.54. The lowest BCUT2D eigenvalue weighted by Crippen LogP contribution is -2.07. The maximum Gasteiger partial charge on any atom is 0.119 e. The molecule has 2 N–H and O–H groups in total. The largest absolute Gasteiger partial charge is 0.493 e. The Kier molecular flexibility index (Phi) is 3.46. The van der Waals surface area contributed by atoms with Gasteiger partial charge in [-0.2, -0.15) is 0 Å². The minimum atomic E-state index is -0.323. The van der Waals surface area contributed by atoms with Crippen molar-refractivity contribution in [1.82, 2.24) is 0 Å². The van der Waals surface area contributed by atoms with E-state index in [0.717, 1.165) is 24.2 Å². The van der Waals surface area contributed by atoms with Crippen molar-refractivity contribution in [1.29, 1.82) is 0 Å². The molecule has 3 nitrogen and oxygen atoms in total. The van der Waals surface area contributed by atoms with Crippen LogP contribution in [-0.4, -0.2) is 22.9 Å². The highest BCUT2D eigenvalue weighted by atomic mass is 16.5. The summed E-state index contributed by atoms with van der Waals surface area (Å²) in [5, 5.41) is 18.8. The molecule has 0 amide bonds. The van der Waals surface area contributed by atoms with Gasteiger partial charge in [0.2, 0.25) is 0 Å². The second-order valence-corrected chi connectivity index (χ2v) is 4.40. The SMILES string of the molecule is CC(O)CCOc1ccc2c(c1)CC[C@@H]2O. The van der Waals surface area contributed by atoms with E-state index in [1.54, 1.807) is 6.92 Å². The Bertz CT molecular complexity index is 360. The summed E-state index contributed by atoms with van der Waals surface area (Å²) in [7, 11) is 0. The van der Waals surface area contributed by atoms with E-state index < -0.39 is 0 Å². The molecule has 2 rings (SSSR count). The molecule has 0 fully saturated rings. The summed E-state index contributed by atoms with van der Waals surface area (Å²) >= 11 is 0. The first-order valence-electron chi connectivity index (χ1n) is 5.78. The fourth-order valence-corrected chi connectivity index (χ4v) is 2.01.